The van der Waals surface area contributed by atoms with Crippen LogP contribution in [0.4, 0.5) is 9.59 Å². The second kappa shape index (κ2) is 15.6. The molecule has 1 saturated heterocycles. The fraction of sp³-hybridized carbons (Fsp3) is 0.514. The van der Waals surface area contributed by atoms with Crippen molar-refractivity contribution in [3.05, 3.63) is 71.0 Å². The fourth-order valence-corrected chi connectivity index (χ4v) is 8.59. The fourth-order valence-electron chi connectivity index (χ4n) is 7.12. The molecule has 3 aliphatic heterocycles. The van der Waals surface area contributed by atoms with Gasteiger partial charge in [0.05, 0.1) is 11.6 Å². The molecule has 4 heterocycles. The van der Waals surface area contributed by atoms with Gasteiger partial charge in [-0.05, 0) is 63.6 Å². The highest BCUT2D eigenvalue weighted by Crippen LogP contribution is 2.46. The Bertz CT molecular complexity index is 1930. The van der Waals surface area contributed by atoms with Gasteiger partial charge in [0.25, 0.3) is 15.9 Å². The van der Waals surface area contributed by atoms with Crippen molar-refractivity contribution in [2.24, 2.45) is 5.92 Å². The van der Waals surface area contributed by atoms with Crippen LogP contribution in [-0.4, -0.2) is 89.0 Å². The molecule has 290 valence electrons. The quantitative estimate of drug-likeness (QED) is 0.374. The van der Waals surface area contributed by atoms with Crippen molar-refractivity contribution in [3.8, 4) is 0 Å². The summed E-state index contributed by atoms with van der Waals surface area (Å²) < 4.78 is 40.0. The zero-order valence-electron chi connectivity index (χ0n) is 30.4. The molecular formula is C37H45ClN6O9S. The van der Waals surface area contributed by atoms with Crippen LogP contribution in [0.2, 0.25) is 5.02 Å². The Morgan fingerprint density at radius 3 is 2.46 bits per heavy atom. The highest BCUT2D eigenvalue weighted by molar-refractivity contribution is 7.90. The maximum absolute atomic E-state index is 14.4. The van der Waals surface area contributed by atoms with E-state index >= 15 is 0 Å². The number of alkyl carbamates (subject to hydrolysis) is 1. The molecule has 0 bridgehead atoms. The van der Waals surface area contributed by atoms with Crippen molar-refractivity contribution in [1.29, 1.82) is 0 Å². The molecule has 2 aromatic rings. The van der Waals surface area contributed by atoms with Crippen LogP contribution in [0.1, 0.15) is 76.8 Å². The molecule has 2 fully saturated rings. The van der Waals surface area contributed by atoms with E-state index in [0.29, 0.717) is 32.4 Å². The summed E-state index contributed by atoms with van der Waals surface area (Å²) in [5.41, 5.74) is -0.531. The Kier molecular flexibility index (Phi) is 11.2. The summed E-state index contributed by atoms with van der Waals surface area (Å²) in [5, 5.41) is 5.31. The van der Waals surface area contributed by atoms with Crippen molar-refractivity contribution >= 4 is 51.5 Å². The van der Waals surface area contributed by atoms with Gasteiger partial charge in [0.2, 0.25) is 11.8 Å². The Morgan fingerprint density at radius 2 is 1.78 bits per heavy atom. The van der Waals surface area contributed by atoms with E-state index in [0.717, 1.165) is 23.7 Å². The number of hydrogen-bond acceptors (Lipinski definition) is 10. The number of sulfonamides is 1. The first-order valence-corrected chi connectivity index (χ1v) is 19.9. The largest absolute Gasteiger partial charge is 0.444 e. The van der Waals surface area contributed by atoms with Crippen LogP contribution in [0.5, 0.6) is 0 Å². The van der Waals surface area contributed by atoms with Gasteiger partial charge >= 0.3 is 12.2 Å². The monoisotopic (exact) mass is 784 g/mol. The lowest BCUT2D eigenvalue weighted by molar-refractivity contribution is -0.141. The third-order valence-corrected chi connectivity index (χ3v) is 11.8. The number of amides is 5. The van der Waals surface area contributed by atoms with Crippen LogP contribution in [0.15, 0.2) is 59.8 Å². The molecule has 5 atom stereocenters. The number of aromatic nitrogens is 1. The van der Waals surface area contributed by atoms with E-state index in [1.54, 1.807) is 26.8 Å². The van der Waals surface area contributed by atoms with Gasteiger partial charge in [0.15, 0.2) is 0 Å². The minimum Gasteiger partial charge on any atom is -0.444 e. The van der Waals surface area contributed by atoms with Crippen LogP contribution < -0.4 is 15.4 Å². The predicted molar refractivity (Wildman–Crippen MR) is 195 cm³/mol. The summed E-state index contributed by atoms with van der Waals surface area (Å²) in [5.74, 6) is -2.86. The summed E-state index contributed by atoms with van der Waals surface area (Å²) >= 11 is 6.11. The number of benzene rings is 1. The predicted octanol–water partition coefficient (Wildman–Crippen LogP) is 3.95. The number of carbonyl (C=O) groups is 5. The van der Waals surface area contributed by atoms with E-state index in [2.05, 4.69) is 20.3 Å². The number of pyridine rings is 1. The molecule has 54 heavy (non-hydrogen) atoms. The van der Waals surface area contributed by atoms with E-state index in [4.69, 9.17) is 21.1 Å². The first-order valence-electron chi connectivity index (χ1n) is 18.0. The molecule has 0 spiro atoms. The molecule has 1 saturated carbocycles. The number of fused-ring (bicyclic) bond motifs is 3. The number of nitrogens with one attached hydrogen (secondary N) is 3. The van der Waals surface area contributed by atoms with Crippen LogP contribution >= 0.6 is 11.6 Å². The van der Waals surface area contributed by atoms with Gasteiger partial charge in [-0.2, -0.15) is 0 Å². The third-order valence-electron chi connectivity index (χ3n) is 9.95. The average molecular weight is 785 g/mol. The highest BCUT2D eigenvalue weighted by Gasteiger charge is 2.62. The summed E-state index contributed by atoms with van der Waals surface area (Å²) in [6.07, 6.45) is 6.56. The van der Waals surface area contributed by atoms with Gasteiger partial charge in [0, 0.05) is 37.8 Å². The topological polar surface area (TPSA) is 193 Å². The zero-order chi connectivity index (χ0) is 38.8. The molecular weight excluding hydrogens is 740 g/mol. The molecule has 0 unspecified atom stereocenters. The minimum atomic E-state index is -4.49. The normalized spacial score (nSPS) is 25.9. The number of carbonyl (C=O) groups excluding carboxylic acids is 5. The maximum atomic E-state index is 14.4. The van der Waals surface area contributed by atoms with Crippen molar-refractivity contribution in [1.82, 2.24) is 30.1 Å². The van der Waals surface area contributed by atoms with E-state index in [1.807, 2.05) is 30.3 Å². The van der Waals surface area contributed by atoms with Gasteiger partial charge < -0.3 is 25.0 Å². The Morgan fingerprint density at radius 1 is 1.06 bits per heavy atom. The highest BCUT2D eigenvalue weighted by atomic mass is 35.5. The van der Waals surface area contributed by atoms with Crippen molar-refractivity contribution in [2.75, 3.05) is 6.54 Å². The van der Waals surface area contributed by atoms with Gasteiger partial charge in [-0.15, -0.1) is 0 Å². The molecule has 15 nitrogen and oxygen atoms in total. The molecule has 0 radical (unpaired) electrons. The first kappa shape index (κ1) is 39.0. The molecule has 5 amide bonds. The Labute approximate surface area is 319 Å². The number of rotatable bonds is 5. The lowest BCUT2D eigenvalue weighted by Gasteiger charge is -2.30. The van der Waals surface area contributed by atoms with E-state index < -0.39 is 80.1 Å². The standard InChI is InChI=1S/C37H45ClN6O9S/c1-36(2,3)53-34(48)40-28-14-8-6-4-5-7-13-25-18-37(25,33(47)42-54(50,51)30-19-39-16-15-27(30)38)41-31(45)29-17-26(22-44(29)32(28)46)52-35(49)43-20-23-11-9-10-12-24(23)21-43/h7,9-13,15-16,19,25-26,28-29H,4-6,8,14,17-18,20-22H2,1-3H3,(H,40,48)(H,41,45)(H,42,47)/t25-,26-,28+,29+,37-/m1/s1. The number of allylic oxidation sites excluding steroid dienone is 1. The first-order chi connectivity index (χ1) is 25.6. The van der Waals surface area contributed by atoms with Crippen LogP contribution in [0, 0.1) is 5.92 Å². The van der Waals surface area contributed by atoms with Crippen LogP contribution in [0.25, 0.3) is 0 Å². The van der Waals surface area contributed by atoms with E-state index in [9.17, 15) is 32.4 Å². The Balaban J connectivity index is 1.27. The molecule has 17 heteroatoms. The number of hydrogen-bond donors (Lipinski definition) is 3. The second-order valence-corrected chi connectivity index (χ2v) is 17.2. The van der Waals surface area contributed by atoms with E-state index in [-0.39, 0.29) is 30.8 Å². The van der Waals surface area contributed by atoms with Crippen LogP contribution in [0.3, 0.4) is 0 Å². The lowest BCUT2D eigenvalue weighted by atomic mass is 10.0. The summed E-state index contributed by atoms with van der Waals surface area (Å²) in [6.45, 7) is 5.62. The van der Waals surface area contributed by atoms with E-state index in [1.165, 1.54) is 22.1 Å². The molecule has 3 N–H and O–H groups in total. The van der Waals surface area contributed by atoms with Crippen LogP contribution in [-0.2, 0) is 47.0 Å². The smallest absolute Gasteiger partial charge is 0.410 e. The molecule has 1 aromatic carbocycles. The van der Waals surface area contributed by atoms with Crippen molar-refractivity contribution in [3.63, 3.8) is 0 Å². The Hall–Kier alpha value is -4.70. The maximum Gasteiger partial charge on any atom is 0.410 e. The average Bonchev–Trinajstić information content (AvgIpc) is 3.40. The second-order valence-electron chi connectivity index (χ2n) is 15.1. The molecule has 4 aliphatic rings. The van der Waals surface area contributed by atoms with Crippen molar-refractivity contribution < 1.29 is 41.9 Å². The summed E-state index contributed by atoms with van der Waals surface area (Å²) in [4.78, 5) is 75.1. The van der Waals surface area contributed by atoms with Gasteiger partial charge in [0.1, 0.15) is 34.2 Å². The minimum absolute atomic E-state index is 0.0921. The zero-order valence-corrected chi connectivity index (χ0v) is 32.0. The van der Waals surface area contributed by atoms with Crippen molar-refractivity contribution in [2.45, 2.75) is 113 Å². The number of halogens is 1. The SMILES string of the molecule is CC(C)(C)OC(=O)N[C@H]1CCCCCC=C[C@@H]2C[C@@]2(C(=O)NS(=O)(=O)c2cnccc2Cl)NC(=O)[C@@H]2C[C@@H](OC(=O)N3Cc4ccccc4C3)CN2C1=O. The molecule has 1 aliphatic carbocycles. The number of nitrogens with zero attached hydrogens (tertiary/aromatic N) is 3. The molecule has 6 rings (SSSR count). The van der Waals surface area contributed by atoms with Gasteiger partial charge in [-0.3, -0.25) is 24.3 Å². The van der Waals surface area contributed by atoms with Gasteiger partial charge in [-0.1, -0.05) is 60.9 Å². The lowest BCUT2D eigenvalue weighted by Crippen LogP contribution is -2.58. The summed E-state index contributed by atoms with van der Waals surface area (Å²) in [7, 11) is -4.49. The summed E-state index contributed by atoms with van der Waals surface area (Å²) in [6, 6.07) is 6.60. The third kappa shape index (κ3) is 8.81. The molecule has 1 aromatic heterocycles. The van der Waals surface area contributed by atoms with Gasteiger partial charge in [-0.25, -0.2) is 22.7 Å². The number of ether oxygens (including phenoxy) is 2.